The number of amides is 2. The van der Waals surface area contributed by atoms with E-state index in [4.69, 9.17) is 4.74 Å². The largest absolute Gasteiger partial charge is 0.492 e. The minimum Gasteiger partial charge on any atom is -0.492 e. The van der Waals surface area contributed by atoms with Gasteiger partial charge in [0.2, 0.25) is 11.8 Å². The maximum absolute atomic E-state index is 12.8. The van der Waals surface area contributed by atoms with E-state index in [1.807, 2.05) is 18.2 Å². The second kappa shape index (κ2) is 12.5. The highest BCUT2D eigenvalue weighted by molar-refractivity contribution is 5.88. The van der Waals surface area contributed by atoms with Crippen LogP contribution >= 0.6 is 0 Å². The molecule has 7 nitrogen and oxygen atoms in total. The number of aryl methyl sites for hydroxylation is 1. The molecular weight excluding hydrogens is 404 g/mol. The van der Waals surface area contributed by atoms with Crippen LogP contribution in [0.25, 0.3) is 0 Å². The highest BCUT2D eigenvalue weighted by Crippen LogP contribution is 2.33. The summed E-state index contributed by atoms with van der Waals surface area (Å²) in [4.78, 5) is 25.3. The minimum atomic E-state index is -0.469. The van der Waals surface area contributed by atoms with E-state index in [-0.39, 0.29) is 24.4 Å². The molecule has 4 N–H and O–H groups in total. The van der Waals surface area contributed by atoms with Gasteiger partial charge in [0, 0.05) is 24.8 Å². The summed E-state index contributed by atoms with van der Waals surface area (Å²) in [5.41, 5.74) is 2.12. The molecule has 2 unspecified atom stereocenters. The summed E-state index contributed by atoms with van der Waals surface area (Å²) >= 11 is 0. The number of fused-ring (bicyclic) bond motifs is 1. The molecule has 176 valence electrons. The van der Waals surface area contributed by atoms with E-state index in [9.17, 15) is 9.59 Å². The number of allylic oxidation sites excluding steroid dienone is 1. The standard InChI is InChI=1S/C25H38N4O3/c1-3-7-21-15-27-18(2)17-32-23-10-5-4-8-20(23)9-6-13-26-25(31)22(14-19-11-12-19)29-24(30)16-28-21/h4-5,7-8,10,18-19,22,27-28H,3,6,9,11-17H2,1-2H3,(H,26,31)(H,29,30)/b21-7-. The lowest BCUT2D eigenvalue weighted by atomic mass is 10.1. The van der Waals surface area contributed by atoms with E-state index in [0.29, 0.717) is 32.0 Å². The average molecular weight is 443 g/mol. The Morgan fingerprint density at radius 1 is 1.12 bits per heavy atom. The third kappa shape index (κ3) is 8.19. The van der Waals surface area contributed by atoms with E-state index in [0.717, 1.165) is 49.1 Å². The number of carbonyl (C=O) groups excluding carboxylic acids is 2. The summed E-state index contributed by atoms with van der Waals surface area (Å²) in [6, 6.07) is 7.77. The molecule has 32 heavy (non-hydrogen) atoms. The Bertz CT molecular complexity index is 791. The van der Waals surface area contributed by atoms with E-state index in [2.05, 4.69) is 47.3 Å². The molecule has 1 aliphatic carbocycles. The second-order valence-electron chi connectivity index (χ2n) is 8.89. The first-order valence-electron chi connectivity index (χ1n) is 12.0. The lowest BCUT2D eigenvalue weighted by Gasteiger charge is -2.21. The van der Waals surface area contributed by atoms with Gasteiger partial charge in [-0.15, -0.1) is 0 Å². The number of carbonyl (C=O) groups is 2. The van der Waals surface area contributed by atoms with Gasteiger partial charge in [0.1, 0.15) is 18.4 Å². The Morgan fingerprint density at radius 2 is 1.94 bits per heavy atom. The molecule has 7 heteroatoms. The first-order valence-corrected chi connectivity index (χ1v) is 12.0. The van der Waals surface area contributed by atoms with E-state index >= 15 is 0 Å². The van der Waals surface area contributed by atoms with Crippen LogP contribution in [0.3, 0.4) is 0 Å². The molecular formula is C25H38N4O3. The number of hydrogen-bond donors (Lipinski definition) is 4. The lowest BCUT2D eigenvalue weighted by molar-refractivity contribution is -0.128. The van der Waals surface area contributed by atoms with Gasteiger partial charge in [-0.05, 0) is 50.2 Å². The summed E-state index contributed by atoms with van der Waals surface area (Å²) in [7, 11) is 0. The molecule has 0 saturated heterocycles. The SMILES string of the molecule is CC/C=C1/CNC(C)COc2ccccc2CCCNC(=O)C(CC2CC2)NC(=O)CN1. The molecule has 1 aromatic rings. The summed E-state index contributed by atoms with van der Waals surface area (Å²) in [6.45, 7) is 6.06. The number of para-hydroxylation sites is 1. The third-order valence-electron chi connectivity index (χ3n) is 5.87. The van der Waals surface area contributed by atoms with Crippen molar-refractivity contribution >= 4 is 11.8 Å². The third-order valence-corrected chi connectivity index (χ3v) is 5.87. The maximum Gasteiger partial charge on any atom is 0.242 e. The predicted molar refractivity (Wildman–Crippen MR) is 126 cm³/mol. The highest BCUT2D eigenvalue weighted by Gasteiger charge is 2.30. The predicted octanol–water partition coefficient (Wildman–Crippen LogP) is 2.27. The zero-order chi connectivity index (χ0) is 22.8. The molecule has 2 amide bonds. The molecule has 1 saturated carbocycles. The molecule has 2 aliphatic rings. The van der Waals surface area contributed by atoms with Crippen LogP contribution in [0.1, 0.15) is 51.5 Å². The van der Waals surface area contributed by atoms with Crippen LogP contribution in [-0.2, 0) is 16.0 Å². The molecule has 1 heterocycles. The Morgan fingerprint density at radius 3 is 2.72 bits per heavy atom. The van der Waals surface area contributed by atoms with Crippen molar-refractivity contribution in [1.82, 2.24) is 21.3 Å². The molecule has 0 aromatic heterocycles. The van der Waals surface area contributed by atoms with Gasteiger partial charge in [0.25, 0.3) is 0 Å². The van der Waals surface area contributed by atoms with Crippen molar-refractivity contribution in [3.63, 3.8) is 0 Å². The van der Waals surface area contributed by atoms with Gasteiger partial charge in [-0.2, -0.15) is 0 Å². The normalized spacial score (nSPS) is 25.4. The van der Waals surface area contributed by atoms with E-state index in [1.54, 1.807) is 0 Å². The molecule has 1 aliphatic heterocycles. The van der Waals surface area contributed by atoms with Gasteiger partial charge < -0.3 is 26.0 Å². The molecule has 0 bridgehead atoms. The fraction of sp³-hybridized carbons (Fsp3) is 0.600. The minimum absolute atomic E-state index is 0.0873. The summed E-state index contributed by atoms with van der Waals surface area (Å²) in [5.74, 6) is 1.20. The van der Waals surface area contributed by atoms with Crippen LogP contribution in [0, 0.1) is 5.92 Å². The van der Waals surface area contributed by atoms with Crippen molar-refractivity contribution in [2.75, 3.05) is 26.2 Å². The lowest BCUT2D eigenvalue weighted by Crippen LogP contribution is -2.49. The van der Waals surface area contributed by atoms with Crippen LogP contribution in [0.15, 0.2) is 36.0 Å². The molecule has 1 fully saturated rings. The van der Waals surface area contributed by atoms with Crippen LogP contribution < -0.4 is 26.0 Å². The van der Waals surface area contributed by atoms with Gasteiger partial charge >= 0.3 is 0 Å². The van der Waals surface area contributed by atoms with Crippen LogP contribution in [0.4, 0.5) is 0 Å². The van der Waals surface area contributed by atoms with Crippen molar-refractivity contribution in [3.05, 3.63) is 41.6 Å². The number of hydrogen-bond acceptors (Lipinski definition) is 5. The fourth-order valence-electron chi connectivity index (χ4n) is 3.83. The zero-order valence-electron chi connectivity index (χ0n) is 19.4. The quantitative estimate of drug-likeness (QED) is 0.577. The Labute approximate surface area is 191 Å². The van der Waals surface area contributed by atoms with Gasteiger partial charge in [-0.25, -0.2) is 0 Å². The molecule has 0 spiro atoms. The van der Waals surface area contributed by atoms with Gasteiger partial charge in [-0.1, -0.05) is 44.0 Å². The van der Waals surface area contributed by atoms with Gasteiger partial charge in [0.05, 0.1) is 6.54 Å². The van der Waals surface area contributed by atoms with Crippen molar-refractivity contribution in [1.29, 1.82) is 0 Å². The molecule has 3 rings (SSSR count). The van der Waals surface area contributed by atoms with Gasteiger partial charge in [-0.3, -0.25) is 9.59 Å². The average Bonchev–Trinajstić information content (AvgIpc) is 3.60. The fourth-order valence-corrected chi connectivity index (χ4v) is 3.83. The Hall–Kier alpha value is -2.54. The monoisotopic (exact) mass is 442 g/mol. The van der Waals surface area contributed by atoms with Crippen LogP contribution in [0.2, 0.25) is 0 Å². The van der Waals surface area contributed by atoms with Crippen LogP contribution in [0.5, 0.6) is 5.75 Å². The Balaban J connectivity index is 1.69. The van der Waals surface area contributed by atoms with Crippen molar-refractivity contribution in [2.24, 2.45) is 5.92 Å². The molecule has 1 aromatic carbocycles. The number of benzene rings is 1. The van der Waals surface area contributed by atoms with E-state index < -0.39 is 6.04 Å². The first-order chi connectivity index (χ1) is 15.5. The van der Waals surface area contributed by atoms with Crippen molar-refractivity contribution in [3.8, 4) is 5.75 Å². The Kier molecular flexibility index (Phi) is 9.41. The molecule has 0 radical (unpaired) electrons. The van der Waals surface area contributed by atoms with Crippen molar-refractivity contribution in [2.45, 2.75) is 64.5 Å². The maximum atomic E-state index is 12.8. The van der Waals surface area contributed by atoms with Crippen LogP contribution in [-0.4, -0.2) is 50.1 Å². The second-order valence-corrected chi connectivity index (χ2v) is 8.89. The number of nitrogens with one attached hydrogen (secondary N) is 4. The highest BCUT2D eigenvalue weighted by atomic mass is 16.5. The zero-order valence-corrected chi connectivity index (χ0v) is 19.4. The number of ether oxygens (including phenoxy) is 1. The van der Waals surface area contributed by atoms with Crippen molar-refractivity contribution < 1.29 is 14.3 Å². The summed E-state index contributed by atoms with van der Waals surface area (Å²) in [5, 5.41) is 12.7. The molecule has 2 atom stereocenters. The first kappa shape index (κ1) is 24.1. The summed E-state index contributed by atoms with van der Waals surface area (Å²) in [6.07, 6.45) is 7.59. The summed E-state index contributed by atoms with van der Waals surface area (Å²) < 4.78 is 6.09. The number of rotatable bonds is 3. The van der Waals surface area contributed by atoms with E-state index in [1.165, 1.54) is 0 Å². The van der Waals surface area contributed by atoms with Gasteiger partial charge in [0.15, 0.2) is 0 Å². The smallest absolute Gasteiger partial charge is 0.242 e. The topological polar surface area (TPSA) is 91.5 Å².